The van der Waals surface area contributed by atoms with Gasteiger partial charge in [-0.15, -0.1) is 11.8 Å². The van der Waals surface area contributed by atoms with Crippen LogP contribution in [0.5, 0.6) is 0 Å². The van der Waals surface area contributed by atoms with Crippen LogP contribution in [0.4, 0.5) is 11.4 Å². The van der Waals surface area contributed by atoms with Gasteiger partial charge in [0.2, 0.25) is 5.91 Å². The molecule has 1 aliphatic rings. The molecule has 6 nitrogen and oxygen atoms in total. The number of hydrogen-bond donors (Lipinski definition) is 0. The van der Waals surface area contributed by atoms with E-state index < -0.39 is 0 Å². The van der Waals surface area contributed by atoms with Gasteiger partial charge >= 0.3 is 0 Å². The molecule has 0 radical (unpaired) electrons. The predicted octanol–water partition coefficient (Wildman–Crippen LogP) is 3.72. The highest BCUT2D eigenvalue weighted by Crippen LogP contribution is 2.45. The molecule has 156 valence electrons. The van der Waals surface area contributed by atoms with E-state index in [2.05, 4.69) is 0 Å². The summed E-state index contributed by atoms with van der Waals surface area (Å²) in [5.41, 5.74) is 3.91. The molecule has 1 fully saturated rings. The summed E-state index contributed by atoms with van der Waals surface area (Å²) in [6, 6.07) is 17.7. The van der Waals surface area contributed by atoms with Gasteiger partial charge in [-0.2, -0.15) is 0 Å². The number of rotatable bonds is 4. The van der Waals surface area contributed by atoms with Crippen LogP contribution in [0.25, 0.3) is 5.69 Å². The van der Waals surface area contributed by atoms with Crippen molar-refractivity contribution in [3.63, 3.8) is 0 Å². The number of anilines is 2. The van der Waals surface area contributed by atoms with Crippen LogP contribution in [0.3, 0.4) is 0 Å². The van der Waals surface area contributed by atoms with Gasteiger partial charge in [0, 0.05) is 26.8 Å². The van der Waals surface area contributed by atoms with E-state index in [1.165, 1.54) is 0 Å². The fourth-order valence-corrected chi connectivity index (χ4v) is 5.11. The number of aromatic nitrogens is 2. The quantitative estimate of drug-likeness (QED) is 0.643. The van der Waals surface area contributed by atoms with Gasteiger partial charge in [0.25, 0.3) is 5.56 Å². The van der Waals surface area contributed by atoms with E-state index in [1.54, 1.807) is 21.3 Å². The summed E-state index contributed by atoms with van der Waals surface area (Å²) in [4.78, 5) is 30.4. The van der Waals surface area contributed by atoms with Crippen molar-refractivity contribution in [2.75, 3.05) is 23.9 Å². The monoisotopic (exact) mass is 422 g/mol. The fourth-order valence-electron chi connectivity index (χ4n) is 3.85. The van der Waals surface area contributed by atoms with Gasteiger partial charge in [-0.25, -0.2) is 4.68 Å². The third kappa shape index (κ3) is 3.23. The maximum atomic E-state index is 13.5. The number of hydrogen-bond acceptors (Lipinski definition) is 4. The summed E-state index contributed by atoms with van der Waals surface area (Å²) < 4.78 is 3.44. The molecule has 1 aliphatic heterocycles. The Morgan fingerprint density at radius 1 is 0.967 bits per heavy atom. The van der Waals surface area contributed by atoms with Gasteiger partial charge in [-0.1, -0.05) is 30.3 Å². The van der Waals surface area contributed by atoms with Crippen molar-refractivity contribution in [3.05, 3.63) is 76.2 Å². The Balaban J connectivity index is 1.83. The minimum absolute atomic E-state index is 0.0345. The van der Waals surface area contributed by atoms with Crippen molar-refractivity contribution in [2.24, 2.45) is 7.05 Å². The number of carbonyl (C=O) groups excluding carboxylic acids is 1. The fraction of sp³-hybridized carbons (Fsp3) is 0.304. The van der Waals surface area contributed by atoms with E-state index in [1.807, 2.05) is 99.2 Å². The zero-order chi connectivity index (χ0) is 21.6. The van der Waals surface area contributed by atoms with Crippen molar-refractivity contribution in [2.45, 2.75) is 24.5 Å². The summed E-state index contributed by atoms with van der Waals surface area (Å²) in [6.07, 6.45) is 0. The molecule has 0 aliphatic carbocycles. The number of thioether (sulfide) groups is 1. The van der Waals surface area contributed by atoms with Gasteiger partial charge in [-0.3, -0.25) is 19.2 Å². The number of benzene rings is 2. The smallest absolute Gasteiger partial charge is 0.295 e. The lowest BCUT2D eigenvalue weighted by Crippen LogP contribution is -2.34. The lowest BCUT2D eigenvalue weighted by molar-refractivity contribution is -0.117. The van der Waals surface area contributed by atoms with Crippen LogP contribution in [-0.2, 0) is 11.8 Å². The minimum atomic E-state index is -0.235. The van der Waals surface area contributed by atoms with Crippen LogP contribution in [-0.4, -0.2) is 34.6 Å². The van der Waals surface area contributed by atoms with E-state index in [0.29, 0.717) is 5.69 Å². The Morgan fingerprint density at radius 2 is 1.60 bits per heavy atom. The molecule has 7 heteroatoms. The van der Waals surface area contributed by atoms with Gasteiger partial charge in [0.15, 0.2) is 0 Å². The zero-order valence-corrected chi connectivity index (χ0v) is 18.7. The van der Waals surface area contributed by atoms with Crippen LogP contribution in [0.1, 0.15) is 23.6 Å². The molecule has 2 heterocycles. The molecule has 2 aromatic carbocycles. The van der Waals surface area contributed by atoms with Gasteiger partial charge in [0.1, 0.15) is 11.1 Å². The maximum absolute atomic E-state index is 13.5. The molecule has 1 aromatic heterocycles. The van der Waals surface area contributed by atoms with E-state index in [4.69, 9.17) is 0 Å². The summed E-state index contributed by atoms with van der Waals surface area (Å²) in [6.45, 7) is 3.80. The molecule has 0 spiro atoms. The van der Waals surface area contributed by atoms with Crippen molar-refractivity contribution in [1.29, 1.82) is 0 Å². The Bertz CT molecular complexity index is 1130. The molecule has 1 saturated heterocycles. The molecular weight excluding hydrogens is 396 g/mol. The first-order valence-electron chi connectivity index (χ1n) is 9.91. The van der Waals surface area contributed by atoms with Crippen LogP contribution >= 0.6 is 11.8 Å². The van der Waals surface area contributed by atoms with Crippen molar-refractivity contribution in [1.82, 2.24) is 9.36 Å². The first-order valence-corrected chi connectivity index (χ1v) is 10.9. The third-order valence-corrected chi connectivity index (χ3v) is 6.96. The summed E-state index contributed by atoms with van der Waals surface area (Å²) in [5, 5.41) is -0.450. The second kappa shape index (κ2) is 7.72. The van der Waals surface area contributed by atoms with Crippen molar-refractivity contribution in [3.8, 4) is 5.69 Å². The van der Waals surface area contributed by atoms with Gasteiger partial charge in [0.05, 0.1) is 16.6 Å². The topological polar surface area (TPSA) is 50.5 Å². The van der Waals surface area contributed by atoms with Crippen molar-refractivity contribution < 1.29 is 4.79 Å². The minimum Gasteiger partial charge on any atom is -0.378 e. The van der Waals surface area contributed by atoms with Crippen LogP contribution in [0.15, 0.2) is 59.4 Å². The highest BCUT2D eigenvalue weighted by molar-refractivity contribution is 8.01. The second-order valence-electron chi connectivity index (χ2n) is 7.73. The summed E-state index contributed by atoms with van der Waals surface area (Å²) in [5.74, 6) is -0.0345. The number of nitrogens with zero attached hydrogens (tertiary/aromatic N) is 4. The summed E-state index contributed by atoms with van der Waals surface area (Å²) in [7, 11) is 5.85. The van der Waals surface area contributed by atoms with Crippen LogP contribution < -0.4 is 15.4 Å². The van der Waals surface area contributed by atoms with Gasteiger partial charge in [-0.05, 0) is 43.7 Å². The SMILES string of the molecule is Cc1c(N2C(=O)[C@@H](C)S[C@H]2c2ccc(N(C)C)cc2)c(=O)n(-c2ccccc2)n1C. The Kier molecular flexibility index (Phi) is 5.24. The number of amides is 1. The average Bonchev–Trinajstić information content (AvgIpc) is 3.15. The molecule has 0 unspecified atom stereocenters. The average molecular weight is 423 g/mol. The Labute approximate surface area is 180 Å². The second-order valence-corrected chi connectivity index (χ2v) is 9.16. The largest absolute Gasteiger partial charge is 0.378 e. The number of carbonyl (C=O) groups is 1. The standard InChI is InChI=1S/C23H26N4O2S/c1-15-20(22(29)27(25(15)5)19-9-7-6-8-10-19)26-21(28)16(2)30-23(26)17-11-13-18(14-12-17)24(3)4/h6-14,16,23H,1-5H3/t16-,23+/m1/s1. The van der Waals surface area contributed by atoms with E-state index >= 15 is 0 Å². The lowest BCUT2D eigenvalue weighted by atomic mass is 10.1. The molecule has 30 heavy (non-hydrogen) atoms. The highest BCUT2D eigenvalue weighted by Gasteiger charge is 2.42. The van der Waals surface area contributed by atoms with E-state index in [0.717, 1.165) is 22.6 Å². The lowest BCUT2D eigenvalue weighted by Gasteiger charge is -2.23. The van der Waals surface area contributed by atoms with Crippen LogP contribution in [0.2, 0.25) is 0 Å². The molecule has 2 atom stereocenters. The molecule has 0 N–H and O–H groups in total. The zero-order valence-electron chi connectivity index (χ0n) is 17.9. The maximum Gasteiger partial charge on any atom is 0.295 e. The van der Waals surface area contributed by atoms with E-state index in [9.17, 15) is 9.59 Å². The first-order chi connectivity index (χ1) is 14.3. The predicted molar refractivity (Wildman–Crippen MR) is 124 cm³/mol. The van der Waals surface area contributed by atoms with Crippen LogP contribution in [0, 0.1) is 6.92 Å². The molecule has 4 rings (SSSR count). The highest BCUT2D eigenvalue weighted by atomic mass is 32.2. The van der Waals surface area contributed by atoms with E-state index in [-0.39, 0.29) is 22.1 Å². The number of para-hydroxylation sites is 1. The molecular formula is C23H26N4O2S. The first kappa shape index (κ1) is 20.3. The van der Waals surface area contributed by atoms with Gasteiger partial charge < -0.3 is 4.90 Å². The Hall–Kier alpha value is -2.93. The third-order valence-electron chi connectivity index (χ3n) is 5.61. The molecule has 1 amide bonds. The summed E-state index contributed by atoms with van der Waals surface area (Å²) >= 11 is 1.58. The van der Waals surface area contributed by atoms with Crippen molar-refractivity contribution >= 4 is 29.0 Å². The molecule has 3 aromatic rings. The molecule has 0 bridgehead atoms. The normalized spacial score (nSPS) is 18.8. The Morgan fingerprint density at radius 3 is 2.20 bits per heavy atom. The molecule has 0 saturated carbocycles.